The summed E-state index contributed by atoms with van der Waals surface area (Å²) in [6.07, 6.45) is 30.2. The molecule has 0 aliphatic rings. The van der Waals surface area contributed by atoms with Crippen molar-refractivity contribution in [3.05, 3.63) is 12.2 Å². The number of hydrogen-bond acceptors (Lipinski definition) is 7. The van der Waals surface area contributed by atoms with Gasteiger partial charge in [0.1, 0.15) is 12.7 Å². The van der Waals surface area contributed by atoms with Crippen LogP contribution in [0.25, 0.3) is 0 Å². The molecule has 0 radical (unpaired) electrons. The number of phosphoric ester groups is 1. The van der Waals surface area contributed by atoms with Crippen molar-refractivity contribution in [2.45, 2.75) is 174 Å². The number of unbranched alkanes of at least 4 members (excludes halogenated alkanes) is 19. The van der Waals surface area contributed by atoms with E-state index >= 15 is 0 Å². The molecular weight excluding hydrogens is 593 g/mol. The van der Waals surface area contributed by atoms with Crippen molar-refractivity contribution in [1.82, 2.24) is 5.32 Å². The van der Waals surface area contributed by atoms with Crippen LogP contribution < -0.4 is 5.32 Å². The Morgan fingerprint density at radius 3 is 1.67 bits per heavy atom. The monoisotopic (exact) mass is 661 g/mol. The van der Waals surface area contributed by atoms with Crippen molar-refractivity contribution < 1.29 is 37.9 Å². The van der Waals surface area contributed by atoms with Crippen LogP contribution in [-0.4, -0.2) is 54.3 Å². The smallest absolute Gasteiger partial charge is 0.463 e. The number of ether oxygens (including phenoxy) is 1. The molecule has 0 saturated carbocycles. The third kappa shape index (κ3) is 33.9. The molecule has 2 unspecified atom stereocenters. The molecular formula is C35H68NO8P. The Morgan fingerprint density at radius 2 is 1.13 bits per heavy atom. The van der Waals surface area contributed by atoms with E-state index in [1.54, 1.807) is 0 Å². The summed E-state index contributed by atoms with van der Waals surface area (Å²) in [6, 6.07) is 0. The highest BCUT2D eigenvalue weighted by Gasteiger charge is 2.23. The molecule has 0 fully saturated rings. The second kappa shape index (κ2) is 32.7. The molecule has 2 atom stereocenters. The maximum absolute atomic E-state index is 12.0. The van der Waals surface area contributed by atoms with Gasteiger partial charge < -0.3 is 20.1 Å². The molecule has 0 spiro atoms. The van der Waals surface area contributed by atoms with Gasteiger partial charge in [-0.15, -0.1) is 0 Å². The average Bonchev–Trinajstić information content (AvgIpc) is 3.02. The number of carbonyl (C=O) groups is 2. The van der Waals surface area contributed by atoms with E-state index < -0.39 is 26.5 Å². The highest BCUT2D eigenvalue weighted by Crippen LogP contribution is 2.42. The number of aliphatic hydroxyl groups is 1. The number of allylic oxidation sites excluding steroid dienone is 2. The molecule has 0 aliphatic carbocycles. The first kappa shape index (κ1) is 43.8. The summed E-state index contributed by atoms with van der Waals surface area (Å²) in [6.45, 7) is 3.47. The van der Waals surface area contributed by atoms with Crippen LogP contribution in [0, 0.1) is 0 Å². The molecule has 3 N–H and O–H groups in total. The van der Waals surface area contributed by atoms with Crippen LogP contribution in [0.5, 0.6) is 0 Å². The van der Waals surface area contributed by atoms with Crippen LogP contribution in [0.15, 0.2) is 12.2 Å². The second-order valence-electron chi connectivity index (χ2n) is 12.2. The van der Waals surface area contributed by atoms with E-state index in [1.807, 2.05) is 0 Å². The van der Waals surface area contributed by atoms with Gasteiger partial charge in [-0.25, -0.2) is 4.57 Å². The first-order chi connectivity index (χ1) is 21.8. The van der Waals surface area contributed by atoms with E-state index in [1.165, 1.54) is 103 Å². The minimum Gasteiger partial charge on any atom is -0.463 e. The lowest BCUT2D eigenvalue weighted by atomic mass is 10.1. The van der Waals surface area contributed by atoms with E-state index in [9.17, 15) is 24.2 Å². The Kier molecular flexibility index (Phi) is 31.8. The zero-order valence-electron chi connectivity index (χ0n) is 28.8. The predicted molar refractivity (Wildman–Crippen MR) is 183 cm³/mol. The Balaban J connectivity index is 3.59. The molecule has 0 saturated heterocycles. The Labute approximate surface area is 275 Å². The average molecular weight is 662 g/mol. The molecule has 0 bridgehead atoms. The molecule has 0 aromatic rings. The minimum absolute atomic E-state index is 0.0831. The second-order valence-corrected chi connectivity index (χ2v) is 13.7. The van der Waals surface area contributed by atoms with E-state index in [0.717, 1.165) is 38.5 Å². The maximum atomic E-state index is 12.0. The van der Waals surface area contributed by atoms with E-state index in [2.05, 4.69) is 31.3 Å². The number of phosphoric acid groups is 1. The number of nitrogens with one attached hydrogen (secondary N) is 1. The van der Waals surface area contributed by atoms with Crippen molar-refractivity contribution in [2.24, 2.45) is 0 Å². The zero-order valence-corrected chi connectivity index (χ0v) is 29.7. The SMILES string of the molecule is CCCCCCCCC/C=C\CCCCCCCCCC(=O)OCC(O)COP(=O)(O)OCCNC(=O)CCCCCCCC. The molecule has 0 aliphatic heterocycles. The summed E-state index contributed by atoms with van der Waals surface area (Å²) in [7, 11) is -4.39. The molecule has 10 heteroatoms. The Morgan fingerprint density at radius 1 is 0.667 bits per heavy atom. The molecule has 0 aromatic heterocycles. The molecule has 45 heavy (non-hydrogen) atoms. The van der Waals surface area contributed by atoms with Crippen molar-refractivity contribution in [2.75, 3.05) is 26.4 Å². The molecule has 0 heterocycles. The molecule has 1 amide bonds. The number of amides is 1. The fraction of sp³-hybridized carbons (Fsp3) is 0.886. The largest absolute Gasteiger partial charge is 0.472 e. The van der Waals surface area contributed by atoms with Gasteiger partial charge in [-0.3, -0.25) is 18.6 Å². The maximum Gasteiger partial charge on any atom is 0.472 e. The third-order valence-corrected chi connectivity index (χ3v) is 8.68. The quantitative estimate of drug-likeness (QED) is 0.0269. The predicted octanol–water partition coefficient (Wildman–Crippen LogP) is 9.10. The van der Waals surface area contributed by atoms with E-state index in [4.69, 9.17) is 13.8 Å². The number of esters is 1. The topological polar surface area (TPSA) is 131 Å². The lowest BCUT2D eigenvalue weighted by molar-refractivity contribution is -0.147. The molecule has 0 rings (SSSR count). The summed E-state index contributed by atoms with van der Waals surface area (Å²) in [5, 5.41) is 12.6. The van der Waals surface area contributed by atoms with Crippen molar-refractivity contribution >= 4 is 19.7 Å². The van der Waals surface area contributed by atoms with Crippen LogP contribution in [0.1, 0.15) is 168 Å². The molecule has 9 nitrogen and oxygen atoms in total. The fourth-order valence-corrected chi connectivity index (χ4v) is 5.66. The highest BCUT2D eigenvalue weighted by molar-refractivity contribution is 7.47. The fourth-order valence-electron chi connectivity index (χ4n) is 4.90. The van der Waals surface area contributed by atoms with E-state index in [-0.39, 0.29) is 32.1 Å². The first-order valence-electron chi connectivity index (χ1n) is 18.2. The van der Waals surface area contributed by atoms with Gasteiger partial charge in [0, 0.05) is 19.4 Å². The van der Waals surface area contributed by atoms with Gasteiger partial charge in [-0.05, 0) is 38.5 Å². The van der Waals surface area contributed by atoms with Crippen LogP contribution in [-0.2, 0) is 27.9 Å². The van der Waals surface area contributed by atoms with Crippen molar-refractivity contribution in [3.8, 4) is 0 Å². The zero-order chi connectivity index (χ0) is 33.3. The van der Waals surface area contributed by atoms with Crippen molar-refractivity contribution in [1.29, 1.82) is 0 Å². The van der Waals surface area contributed by atoms with Gasteiger partial charge in [0.15, 0.2) is 0 Å². The number of rotatable bonds is 34. The van der Waals surface area contributed by atoms with Gasteiger partial charge in [0.05, 0.1) is 13.2 Å². The Bertz CT molecular complexity index is 764. The number of hydrogen-bond donors (Lipinski definition) is 3. The van der Waals surface area contributed by atoms with Gasteiger partial charge in [0.2, 0.25) is 5.91 Å². The van der Waals surface area contributed by atoms with Crippen LogP contribution in [0.4, 0.5) is 0 Å². The molecule has 0 aromatic carbocycles. The van der Waals surface area contributed by atoms with Crippen LogP contribution >= 0.6 is 7.82 Å². The van der Waals surface area contributed by atoms with Crippen LogP contribution in [0.2, 0.25) is 0 Å². The lowest BCUT2D eigenvalue weighted by Crippen LogP contribution is -2.27. The van der Waals surface area contributed by atoms with Gasteiger partial charge in [-0.1, -0.05) is 129 Å². The van der Waals surface area contributed by atoms with Gasteiger partial charge in [-0.2, -0.15) is 0 Å². The summed E-state index contributed by atoms with van der Waals surface area (Å²) < 4.78 is 26.6. The van der Waals surface area contributed by atoms with E-state index in [0.29, 0.717) is 6.42 Å². The first-order valence-corrected chi connectivity index (χ1v) is 19.7. The lowest BCUT2D eigenvalue weighted by Gasteiger charge is -2.15. The number of aliphatic hydroxyl groups excluding tert-OH is 1. The van der Waals surface area contributed by atoms with Crippen LogP contribution in [0.3, 0.4) is 0 Å². The van der Waals surface area contributed by atoms with Crippen molar-refractivity contribution in [3.63, 3.8) is 0 Å². The Hall–Kier alpha value is -1.25. The summed E-state index contributed by atoms with van der Waals surface area (Å²) in [5.41, 5.74) is 0. The normalized spacial score (nSPS) is 13.6. The number of carbonyl (C=O) groups excluding carboxylic acids is 2. The summed E-state index contributed by atoms with van der Waals surface area (Å²) >= 11 is 0. The van der Waals surface area contributed by atoms with Gasteiger partial charge in [0.25, 0.3) is 0 Å². The van der Waals surface area contributed by atoms with Gasteiger partial charge >= 0.3 is 13.8 Å². The standard InChI is InChI=1S/C35H68NO8P/c1-3-5-7-9-11-12-13-14-15-16-17-18-19-20-21-22-24-26-28-35(39)42-31-33(37)32-44-45(40,41)43-30-29-36-34(38)27-25-23-10-8-6-4-2/h15-16,33,37H,3-14,17-32H2,1-2H3,(H,36,38)(H,40,41)/b16-15-. The summed E-state index contributed by atoms with van der Waals surface area (Å²) in [4.78, 5) is 33.5. The summed E-state index contributed by atoms with van der Waals surface area (Å²) in [5.74, 6) is -0.527. The highest BCUT2D eigenvalue weighted by atomic mass is 31.2. The minimum atomic E-state index is -4.39. The third-order valence-electron chi connectivity index (χ3n) is 7.70. The molecule has 266 valence electrons.